The molecule has 1 N–H and O–H groups in total. The third kappa shape index (κ3) is 2.71. The zero-order valence-corrected chi connectivity index (χ0v) is 8.52. The maximum Gasteiger partial charge on any atom is 0.0320 e. The zero-order valence-electron chi connectivity index (χ0n) is 7.70. The number of benzene rings is 1. The van der Waals surface area contributed by atoms with Crippen molar-refractivity contribution in [3.8, 4) is 0 Å². The molecule has 1 aromatic carbocycles. The Hall–Kier alpha value is -0.530. The van der Waals surface area contributed by atoms with E-state index < -0.39 is 0 Å². The molecule has 0 saturated carbocycles. The van der Waals surface area contributed by atoms with Crippen LogP contribution in [0, 0.1) is 0 Å². The van der Waals surface area contributed by atoms with Gasteiger partial charge in [-0.25, -0.2) is 0 Å². The molecule has 0 unspecified atom stereocenters. The van der Waals surface area contributed by atoms with Crippen molar-refractivity contribution in [1.82, 2.24) is 5.32 Å². The van der Waals surface area contributed by atoms with Gasteiger partial charge >= 0.3 is 0 Å². The summed E-state index contributed by atoms with van der Waals surface area (Å²) in [6.07, 6.45) is 4.00. The van der Waals surface area contributed by atoms with Gasteiger partial charge in [-0.2, -0.15) is 0 Å². The van der Waals surface area contributed by atoms with Crippen molar-refractivity contribution in [3.05, 3.63) is 35.9 Å². The van der Waals surface area contributed by atoms with Gasteiger partial charge in [0.15, 0.2) is 0 Å². The molecule has 1 aliphatic heterocycles. The van der Waals surface area contributed by atoms with Crippen molar-refractivity contribution >= 4 is 12.4 Å². The molecule has 72 valence electrons. The van der Waals surface area contributed by atoms with Crippen LogP contribution in [0.15, 0.2) is 30.3 Å². The first-order chi connectivity index (χ1) is 5.97. The van der Waals surface area contributed by atoms with Crippen molar-refractivity contribution in [3.63, 3.8) is 0 Å². The third-order valence-electron chi connectivity index (χ3n) is 2.51. The fourth-order valence-electron chi connectivity index (χ4n) is 1.82. The first-order valence-corrected chi connectivity index (χ1v) is 4.75. The predicted molar refractivity (Wildman–Crippen MR) is 58.3 cm³/mol. The second-order valence-electron chi connectivity index (χ2n) is 3.41. The molecule has 1 aliphatic rings. The Labute approximate surface area is 86.0 Å². The molecule has 0 amide bonds. The standard InChI is InChI=1S/C11H15N.ClH/c1-2-6-10(7-3-1)11-8-4-5-9-12-11;/h1-3,6-7,11-12H,4-5,8-9H2;1H/t11-;/m0./s1. The van der Waals surface area contributed by atoms with Gasteiger partial charge in [-0.3, -0.25) is 0 Å². The van der Waals surface area contributed by atoms with Crippen LogP contribution in [0.25, 0.3) is 0 Å². The summed E-state index contributed by atoms with van der Waals surface area (Å²) < 4.78 is 0. The van der Waals surface area contributed by atoms with Crippen LogP contribution in [0.2, 0.25) is 0 Å². The molecule has 1 atom stereocenters. The Kier molecular flexibility index (Phi) is 4.26. The second-order valence-corrected chi connectivity index (χ2v) is 3.41. The minimum atomic E-state index is 0. The molecule has 1 aromatic rings. The van der Waals surface area contributed by atoms with Crippen LogP contribution in [0.4, 0.5) is 0 Å². The van der Waals surface area contributed by atoms with E-state index >= 15 is 0 Å². The SMILES string of the molecule is Cl.c1ccc([C@@H]2CCCCN2)cc1. The molecular formula is C11H16ClN. The largest absolute Gasteiger partial charge is 0.310 e. The Bertz CT molecular complexity index is 229. The van der Waals surface area contributed by atoms with E-state index in [1.165, 1.54) is 31.4 Å². The second kappa shape index (κ2) is 5.25. The van der Waals surface area contributed by atoms with Gasteiger partial charge in [0.1, 0.15) is 0 Å². The molecule has 1 fully saturated rings. The summed E-state index contributed by atoms with van der Waals surface area (Å²) in [6, 6.07) is 11.3. The van der Waals surface area contributed by atoms with Gasteiger partial charge in [-0.05, 0) is 24.9 Å². The van der Waals surface area contributed by atoms with Gasteiger partial charge < -0.3 is 5.32 Å². The zero-order chi connectivity index (χ0) is 8.23. The maximum atomic E-state index is 3.54. The van der Waals surface area contributed by atoms with Crippen LogP contribution in [-0.2, 0) is 0 Å². The summed E-state index contributed by atoms with van der Waals surface area (Å²) in [4.78, 5) is 0. The van der Waals surface area contributed by atoms with Crippen molar-refractivity contribution in [2.45, 2.75) is 25.3 Å². The molecule has 1 heterocycles. The number of nitrogens with one attached hydrogen (secondary N) is 1. The smallest absolute Gasteiger partial charge is 0.0320 e. The lowest BCUT2D eigenvalue weighted by molar-refractivity contribution is 0.412. The van der Waals surface area contributed by atoms with Crippen molar-refractivity contribution in [2.24, 2.45) is 0 Å². The maximum absolute atomic E-state index is 3.54. The van der Waals surface area contributed by atoms with Crippen LogP contribution in [0.3, 0.4) is 0 Å². The highest BCUT2D eigenvalue weighted by molar-refractivity contribution is 5.85. The quantitative estimate of drug-likeness (QED) is 0.730. The Balaban J connectivity index is 0.000000845. The molecule has 13 heavy (non-hydrogen) atoms. The van der Waals surface area contributed by atoms with E-state index in [0.717, 1.165) is 0 Å². The van der Waals surface area contributed by atoms with Crippen LogP contribution in [0.5, 0.6) is 0 Å². The van der Waals surface area contributed by atoms with Crippen molar-refractivity contribution in [1.29, 1.82) is 0 Å². The summed E-state index contributed by atoms with van der Waals surface area (Å²) in [5.74, 6) is 0. The fraction of sp³-hybridized carbons (Fsp3) is 0.455. The van der Waals surface area contributed by atoms with Crippen LogP contribution in [-0.4, -0.2) is 6.54 Å². The normalized spacial score (nSPS) is 22.0. The lowest BCUT2D eigenvalue weighted by Crippen LogP contribution is -2.26. The van der Waals surface area contributed by atoms with E-state index in [1.54, 1.807) is 0 Å². The Morgan fingerprint density at radius 2 is 1.85 bits per heavy atom. The van der Waals surface area contributed by atoms with Gasteiger partial charge in [-0.15, -0.1) is 12.4 Å². The number of hydrogen-bond donors (Lipinski definition) is 1. The highest BCUT2D eigenvalue weighted by atomic mass is 35.5. The molecule has 0 aromatic heterocycles. The Morgan fingerprint density at radius 1 is 1.08 bits per heavy atom. The van der Waals surface area contributed by atoms with E-state index in [0.29, 0.717) is 6.04 Å². The lowest BCUT2D eigenvalue weighted by Gasteiger charge is -2.23. The van der Waals surface area contributed by atoms with Gasteiger partial charge in [0.25, 0.3) is 0 Å². The average molecular weight is 198 g/mol. The van der Waals surface area contributed by atoms with Crippen LogP contribution in [0.1, 0.15) is 30.9 Å². The molecule has 1 nitrogen and oxygen atoms in total. The predicted octanol–water partition coefficient (Wildman–Crippen LogP) is 2.92. The Morgan fingerprint density at radius 3 is 2.46 bits per heavy atom. The molecule has 0 aliphatic carbocycles. The summed E-state index contributed by atoms with van der Waals surface area (Å²) in [5, 5.41) is 3.54. The molecule has 2 rings (SSSR count). The summed E-state index contributed by atoms with van der Waals surface area (Å²) in [7, 11) is 0. The summed E-state index contributed by atoms with van der Waals surface area (Å²) in [6.45, 7) is 1.18. The molecule has 2 heteroatoms. The van der Waals surface area contributed by atoms with E-state index in [2.05, 4.69) is 35.6 Å². The molecule has 1 saturated heterocycles. The number of halogens is 1. The van der Waals surface area contributed by atoms with Crippen LogP contribution >= 0.6 is 12.4 Å². The average Bonchev–Trinajstić information content (AvgIpc) is 2.21. The van der Waals surface area contributed by atoms with E-state index in [1.807, 2.05) is 0 Å². The minimum absolute atomic E-state index is 0. The first kappa shape index (κ1) is 10.6. The van der Waals surface area contributed by atoms with Gasteiger partial charge in [0, 0.05) is 6.04 Å². The third-order valence-corrected chi connectivity index (χ3v) is 2.51. The van der Waals surface area contributed by atoms with E-state index in [9.17, 15) is 0 Å². The minimum Gasteiger partial charge on any atom is -0.310 e. The molecular weight excluding hydrogens is 182 g/mol. The number of hydrogen-bond acceptors (Lipinski definition) is 1. The molecule has 0 spiro atoms. The van der Waals surface area contributed by atoms with Gasteiger partial charge in [0.2, 0.25) is 0 Å². The fourth-order valence-corrected chi connectivity index (χ4v) is 1.82. The topological polar surface area (TPSA) is 12.0 Å². The number of piperidine rings is 1. The summed E-state index contributed by atoms with van der Waals surface area (Å²) >= 11 is 0. The highest BCUT2D eigenvalue weighted by Crippen LogP contribution is 2.21. The van der Waals surface area contributed by atoms with E-state index in [4.69, 9.17) is 0 Å². The van der Waals surface area contributed by atoms with Crippen molar-refractivity contribution < 1.29 is 0 Å². The molecule has 0 bridgehead atoms. The monoisotopic (exact) mass is 197 g/mol. The number of rotatable bonds is 1. The first-order valence-electron chi connectivity index (χ1n) is 4.75. The van der Waals surface area contributed by atoms with Gasteiger partial charge in [0.05, 0.1) is 0 Å². The van der Waals surface area contributed by atoms with Gasteiger partial charge in [-0.1, -0.05) is 36.8 Å². The summed E-state index contributed by atoms with van der Waals surface area (Å²) in [5.41, 5.74) is 1.44. The molecule has 0 radical (unpaired) electrons. The van der Waals surface area contributed by atoms with Crippen LogP contribution < -0.4 is 5.32 Å². The van der Waals surface area contributed by atoms with Crippen molar-refractivity contribution in [2.75, 3.05) is 6.54 Å². The van der Waals surface area contributed by atoms with E-state index in [-0.39, 0.29) is 12.4 Å². The lowest BCUT2D eigenvalue weighted by atomic mass is 9.98. The highest BCUT2D eigenvalue weighted by Gasteiger charge is 2.13.